The van der Waals surface area contributed by atoms with Gasteiger partial charge >= 0.3 is 0 Å². The molecule has 0 bridgehead atoms. The number of nitrogens with one attached hydrogen (secondary N) is 1. The molecule has 118 valence electrons. The predicted octanol–water partition coefficient (Wildman–Crippen LogP) is 3.56. The Morgan fingerprint density at radius 2 is 1.95 bits per heavy atom. The summed E-state index contributed by atoms with van der Waals surface area (Å²) in [6.45, 7) is 7.91. The first-order valence-corrected chi connectivity index (χ1v) is 8.49. The predicted molar refractivity (Wildman–Crippen MR) is 89.4 cm³/mol. The van der Waals surface area contributed by atoms with Crippen LogP contribution in [-0.2, 0) is 6.42 Å². The second-order valence-electron chi connectivity index (χ2n) is 7.16. The van der Waals surface area contributed by atoms with Gasteiger partial charge in [-0.25, -0.2) is 0 Å². The summed E-state index contributed by atoms with van der Waals surface area (Å²) >= 11 is 0. The third kappa shape index (κ3) is 5.44. The number of hydrogen-bond acceptors (Lipinski definition) is 2. The summed E-state index contributed by atoms with van der Waals surface area (Å²) in [5.74, 6) is 1.88. The summed E-state index contributed by atoms with van der Waals surface area (Å²) in [6.07, 6.45) is 4.94. The van der Waals surface area contributed by atoms with Crippen molar-refractivity contribution in [3.63, 3.8) is 0 Å². The van der Waals surface area contributed by atoms with E-state index in [1.807, 2.05) is 0 Å². The van der Waals surface area contributed by atoms with Gasteiger partial charge in [0.05, 0.1) is 0 Å². The van der Waals surface area contributed by atoms with Crippen LogP contribution < -0.4 is 5.32 Å². The van der Waals surface area contributed by atoms with Crippen molar-refractivity contribution >= 4 is 0 Å². The molecule has 0 heterocycles. The van der Waals surface area contributed by atoms with Crippen molar-refractivity contribution in [3.8, 4) is 0 Å². The van der Waals surface area contributed by atoms with Gasteiger partial charge in [-0.2, -0.15) is 0 Å². The van der Waals surface area contributed by atoms with Gasteiger partial charge in [-0.15, -0.1) is 0 Å². The van der Waals surface area contributed by atoms with Crippen LogP contribution in [0.1, 0.15) is 44.2 Å². The number of aliphatic hydroxyl groups is 1. The molecule has 2 rings (SSSR count). The highest BCUT2D eigenvalue weighted by atomic mass is 16.3. The molecule has 1 aliphatic carbocycles. The molecule has 0 aliphatic heterocycles. The van der Waals surface area contributed by atoms with Crippen LogP contribution in [-0.4, -0.2) is 24.3 Å². The number of hydrogen-bond donors (Lipinski definition) is 2. The fourth-order valence-corrected chi connectivity index (χ4v) is 3.19. The van der Waals surface area contributed by atoms with E-state index >= 15 is 0 Å². The lowest BCUT2D eigenvalue weighted by Crippen LogP contribution is -2.38. The smallest absolute Gasteiger partial charge is 0.0471 e. The molecule has 0 spiro atoms. The minimum atomic E-state index is 0.299. The molecule has 0 saturated heterocycles. The van der Waals surface area contributed by atoms with E-state index < -0.39 is 0 Å². The maximum Gasteiger partial charge on any atom is 0.0471 e. The van der Waals surface area contributed by atoms with Crippen molar-refractivity contribution in [1.29, 1.82) is 0 Å². The third-order valence-electron chi connectivity index (χ3n) is 4.62. The van der Waals surface area contributed by atoms with Crippen LogP contribution in [0.3, 0.4) is 0 Å². The highest BCUT2D eigenvalue weighted by Crippen LogP contribution is 2.34. The molecule has 0 radical (unpaired) electrons. The van der Waals surface area contributed by atoms with E-state index in [2.05, 4.69) is 50.4 Å². The van der Waals surface area contributed by atoms with Gasteiger partial charge in [0.15, 0.2) is 0 Å². The van der Waals surface area contributed by atoms with E-state index in [9.17, 15) is 5.11 Å². The molecule has 0 amide bonds. The van der Waals surface area contributed by atoms with E-state index in [-0.39, 0.29) is 0 Å². The van der Waals surface area contributed by atoms with Crippen LogP contribution in [0.25, 0.3) is 0 Å². The molecule has 1 aliphatic rings. The molecule has 1 aromatic carbocycles. The molecule has 1 saturated carbocycles. The van der Waals surface area contributed by atoms with Gasteiger partial charge in [-0.1, -0.05) is 38.1 Å². The average Bonchev–Trinajstić information content (AvgIpc) is 3.28. The zero-order valence-corrected chi connectivity index (χ0v) is 13.8. The van der Waals surface area contributed by atoms with Crippen molar-refractivity contribution in [2.24, 2.45) is 17.8 Å². The summed E-state index contributed by atoms with van der Waals surface area (Å²) in [6, 6.07) is 9.29. The summed E-state index contributed by atoms with van der Waals surface area (Å²) in [7, 11) is 0. The van der Waals surface area contributed by atoms with E-state index in [0.717, 1.165) is 25.3 Å². The summed E-state index contributed by atoms with van der Waals surface area (Å²) in [5, 5.41) is 13.3. The summed E-state index contributed by atoms with van der Waals surface area (Å²) in [4.78, 5) is 0. The molecular formula is C19H31NO. The number of benzene rings is 1. The van der Waals surface area contributed by atoms with E-state index in [4.69, 9.17) is 0 Å². The van der Waals surface area contributed by atoms with Gasteiger partial charge in [0, 0.05) is 19.2 Å². The lowest BCUT2D eigenvalue weighted by Gasteiger charge is -2.23. The molecule has 2 nitrogen and oxygen atoms in total. The van der Waals surface area contributed by atoms with Crippen LogP contribution >= 0.6 is 0 Å². The fraction of sp³-hybridized carbons (Fsp3) is 0.684. The van der Waals surface area contributed by atoms with Gasteiger partial charge < -0.3 is 10.4 Å². The molecule has 2 unspecified atom stereocenters. The normalized spacial score (nSPS) is 18.0. The van der Waals surface area contributed by atoms with Gasteiger partial charge in [-0.05, 0) is 61.5 Å². The average molecular weight is 289 g/mol. The maximum absolute atomic E-state index is 9.54. The SMILES string of the molecule is Cc1ccccc1CC(NCC(CO)CC(C)C)C1CC1. The monoisotopic (exact) mass is 289 g/mol. The second kappa shape index (κ2) is 7.95. The standard InChI is InChI=1S/C19H31NO/c1-14(2)10-16(13-21)12-20-19(17-8-9-17)11-18-7-5-4-6-15(18)3/h4-7,14,16-17,19-21H,8-13H2,1-3H3. The van der Waals surface area contributed by atoms with Crippen molar-refractivity contribution in [2.45, 2.75) is 52.5 Å². The zero-order chi connectivity index (χ0) is 15.2. The van der Waals surface area contributed by atoms with Crippen molar-refractivity contribution < 1.29 is 5.11 Å². The highest BCUT2D eigenvalue weighted by molar-refractivity contribution is 5.26. The van der Waals surface area contributed by atoms with Crippen molar-refractivity contribution in [2.75, 3.05) is 13.2 Å². The Hall–Kier alpha value is -0.860. The molecule has 2 atom stereocenters. The minimum absolute atomic E-state index is 0.299. The third-order valence-corrected chi connectivity index (χ3v) is 4.62. The number of aliphatic hydroxyl groups excluding tert-OH is 1. The summed E-state index contributed by atoms with van der Waals surface area (Å²) < 4.78 is 0. The Labute approximate surface area is 130 Å². The van der Waals surface area contributed by atoms with E-state index in [1.165, 1.54) is 24.0 Å². The van der Waals surface area contributed by atoms with Crippen LogP contribution in [0, 0.1) is 24.7 Å². The van der Waals surface area contributed by atoms with Crippen molar-refractivity contribution in [3.05, 3.63) is 35.4 Å². The zero-order valence-electron chi connectivity index (χ0n) is 13.8. The van der Waals surface area contributed by atoms with Gasteiger partial charge in [0.25, 0.3) is 0 Å². The molecule has 1 aromatic rings. The Morgan fingerprint density at radius 1 is 1.24 bits per heavy atom. The highest BCUT2D eigenvalue weighted by Gasteiger charge is 2.31. The molecule has 2 N–H and O–H groups in total. The van der Waals surface area contributed by atoms with Crippen LogP contribution in [0.15, 0.2) is 24.3 Å². The van der Waals surface area contributed by atoms with Crippen LogP contribution in [0.5, 0.6) is 0 Å². The van der Waals surface area contributed by atoms with Gasteiger partial charge in [0.2, 0.25) is 0 Å². The topological polar surface area (TPSA) is 32.3 Å². The van der Waals surface area contributed by atoms with Gasteiger partial charge in [-0.3, -0.25) is 0 Å². The molecule has 0 aromatic heterocycles. The Morgan fingerprint density at radius 3 is 2.52 bits per heavy atom. The van der Waals surface area contributed by atoms with Crippen LogP contribution in [0.2, 0.25) is 0 Å². The van der Waals surface area contributed by atoms with Crippen LogP contribution in [0.4, 0.5) is 0 Å². The number of rotatable bonds is 9. The first-order valence-electron chi connectivity index (χ1n) is 8.49. The fourth-order valence-electron chi connectivity index (χ4n) is 3.19. The van der Waals surface area contributed by atoms with E-state index in [1.54, 1.807) is 0 Å². The minimum Gasteiger partial charge on any atom is -0.396 e. The molecular weight excluding hydrogens is 258 g/mol. The van der Waals surface area contributed by atoms with E-state index in [0.29, 0.717) is 24.5 Å². The molecule has 1 fully saturated rings. The molecule has 2 heteroatoms. The van der Waals surface area contributed by atoms with Crippen molar-refractivity contribution in [1.82, 2.24) is 5.32 Å². The summed E-state index contributed by atoms with van der Waals surface area (Å²) in [5.41, 5.74) is 2.86. The first-order chi connectivity index (χ1) is 10.1. The second-order valence-corrected chi connectivity index (χ2v) is 7.16. The maximum atomic E-state index is 9.54. The Kier molecular flexibility index (Phi) is 6.25. The first kappa shape index (κ1) is 16.5. The lowest BCUT2D eigenvalue weighted by molar-refractivity contribution is 0.197. The van der Waals surface area contributed by atoms with Gasteiger partial charge in [0.1, 0.15) is 0 Å². The Balaban J connectivity index is 1.89. The molecule has 21 heavy (non-hydrogen) atoms. The largest absolute Gasteiger partial charge is 0.396 e. The lowest BCUT2D eigenvalue weighted by atomic mass is 9.95. The Bertz CT molecular complexity index is 425. The quantitative estimate of drug-likeness (QED) is 0.728. The number of aryl methyl sites for hydroxylation is 1.